The predicted octanol–water partition coefficient (Wildman–Crippen LogP) is 13.4. The molecule has 238 valence electrons. The first-order valence-electron chi connectivity index (χ1n) is 17.2. The van der Waals surface area contributed by atoms with Crippen LogP contribution in [0, 0.1) is 13.8 Å². The zero-order valence-corrected chi connectivity index (χ0v) is 28.3. The summed E-state index contributed by atoms with van der Waals surface area (Å²) in [5.41, 5.74) is 18.5. The van der Waals surface area contributed by atoms with Crippen LogP contribution in [0.15, 0.2) is 188 Å². The molecule has 0 saturated carbocycles. The molecular weight excluding hydrogens is 603 g/mol. The van der Waals surface area contributed by atoms with E-state index < -0.39 is 0 Å². The van der Waals surface area contributed by atoms with Gasteiger partial charge in [0.1, 0.15) is 0 Å². The van der Waals surface area contributed by atoms with Crippen molar-refractivity contribution in [2.75, 3.05) is 0 Å². The minimum absolute atomic E-state index is 0.950. The highest BCUT2D eigenvalue weighted by atomic mass is 14.7. The summed E-state index contributed by atoms with van der Waals surface area (Å²) >= 11 is 0. The number of nitrogens with zero attached hydrogens (tertiary/aromatic N) is 1. The molecular formula is C49H37N. The number of aromatic nitrogens is 1. The lowest BCUT2D eigenvalue weighted by molar-refractivity contribution is 1.32. The summed E-state index contributed by atoms with van der Waals surface area (Å²) in [4.78, 5) is 5.33. The Balaban J connectivity index is 1.22. The van der Waals surface area contributed by atoms with Gasteiger partial charge in [-0.15, -0.1) is 0 Å². The predicted molar refractivity (Wildman–Crippen MR) is 212 cm³/mol. The van der Waals surface area contributed by atoms with Gasteiger partial charge in [-0.1, -0.05) is 152 Å². The Morgan fingerprint density at radius 3 is 0.900 bits per heavy atom. The van der Waals surface area contributed by atoms with Crippen LogP contribution in [0.4, 0.5) is 0 Å². The Kier molecular flexibility index (Phi) is 8.47. The molecule has 1 heteroatoms. The highest BCUT2D eigenvalue weighted by molar-refractivity contribution is 5.82. The van der Waals surface area contributed by atoms with Crippen LogP contribution in [-0.2, 0) is 0 Å². The minimum atomic E-state index is 0.950. The van der Waals surface area contributed by atoms with Crippen molar-refractivity contribution in [3.05, 3.63) is 199 Å². The van der Waals surface area contributed by atoms with Gasteiger partial charge < -0.3 is 0 Å². The maximum Gasteiger partial charge on any atom is 0.0715 e. The smallest absolute Gasteiger partial charge is 0.0715 e. The molecule has 8 aromatic rings. The summed E-state index contributed by atoms with van der Waals surface area (Å²) < 4.78 is 0. The lowest BCUT2D eigenvalue weighted by Crippen LogP contribution is -1.92. The third-order valence-electron chi connectivity index (χ3n) is 9.28. The van der Waals surface area contributed by atoms with Crippen LogP contribution < -0.4 is 0 Å². The first kappa shape index (κ1) is 31.0. The monoisotopic (exact) mass is 639 g/mol. The van der Waals surface area contributed by atoms with Crippen molar-refractivity contribution < 1.29 is 0 Å². The van der Waals surface area contributed by atoms with Gasteiger partial charge in [0.25, 0.3) is 0 Å². The van der Waals surface area contributed by atoms with E-state index in [1.807, 2.05) is 0 Å². The molecule has 0 aliphatic rings. The number of pyridine rings is 1. The fraction of sp³-hybridized carbons (Fsp3) is 0.0408. The molecule has 0 spiro atoms. The summed E-state index contributed by atoms with van der Waals surface area (Å²) in [6, 6.07) is 67.5. The average Bonchev–Trinajstić information content (AvgIpc) is 3.18. The Bertz CT molecular complexity index is 2270. The SMILES string of the molecule is Cc1cc(-c2ccccc2)cc(-c2cccc(-c3cc(-c4ccccc4)cc(-c4cccc(-c5cc(C)cc(-c6ccccc6)c5)c4)n3)c2)c1. The van der Waals surface area contributed by atoms with Gasteiger partial charge in [-0.2, -0.15) is 0 Å². The molecule has 0 radical (unpaired) electrons. The maximum absolute atomic E-state index is 5.33. The largest absolute Gasteiger partial charge is 0.248 e. The summed E-state index contributed by atoms with van der Waals surface area (Å²) in [5.74, 6) is 0. The number of benzene rings is 7. The van der Waals surface area contributed by atoms with Crippen LogP contribution in [0.2, 0.25) is 0 Å². The summed E-state index contributed by atoms with van der Waals surface area (Å²) in [7, 11) is 0. The van der Waals surface area contributed by atoms with E-state index in [2.05, 4.69) is 202 Å². The van der Waals surface area contributed by atoms with Crippen molar-refractivity contribution in [1.82, 2.24) is 4.98 Å². The van der Waals surface area contributed by atoms with E-state index in [9.17, 15) is 0 Å². The quantitative estimate of drug-likeness (QED) is 0.169. The van der Waals surface area contributed by atoms with Crippen molar-refractivity contribution in [2.45, 2.75) is 13.8 Å². The van der Waals surface area contributed by atoms with Crippen molar-refractivity contribution in [1.29, 1.82) is 0 Å². The summed E-state index contributed by atoms with van der Waals surface area (Å²) in [6.45, 7) is 4.34. The fourth-order valence-corrected chi connectivity index (χ4v) is 6.83. The van der Waals surface area contributed by atoms with Gasteiger partial charge >= 0.3 is 0 Å². The normalized spacial score (nSPS) is 11.0. The molecule has 0 aliphatic heterocycles. The van der Waals surface area contributed by atoms with Crippen molar-refractivity contribution in [2.24, 2.45) is 0 Å². The Morgan fingerprint density at radius 2 is 0.520 bits per heavy atom. The van der Waals surface area contributed by atoms with Crippen molar-refractivity contribution in [3.63, 3.8) is 0 Å². The molecule has 1 nitrogen and oxygen atoms in total. The molecule has 0 bridgehead atoms. The average molecular weight is 640 g/mol. The topological polar surface area (TPSA) is 12.9 Å². The third kappa shape index (κ3) is 6.67. The lowest BCUT2D eigenvalue weighted by atomic mass is 9.94. The van der Waals surface area contributed by atoms with Crippen LogP contribution in [0.1, 0.15) is 11.1 Å². The van der Waals surface area contributed by atoms with Crippen LogP contribution >= 0.6 is 0 Å². The molecule has 0 aliphatic carbocycles. The first-order valence-corrected chi connectivity index (χ1v) is 17.2. The van der Waals surface area contributed by atoms with E-state index in [-0.39, 0.29) is 0 Å². The van der Waals surface area contributed by atoms with Gasteiger partial charge in [-0.05, 0) is 117 Å². The first-order chi connectivity index (χ1) is 24.6. The zero-order chi connectivity index (χ0) is 33.9. The molecule has 1 aromatic heterocycles. The number of hydrogen-bond donors (Lipinski definition) is 0. The molecule has 0 saturated heterocycles. The van der Waals surface area contributed by atoms with Crippen LogP contribution in [0.25, 0.3) is 78.1 Å². The Hall–Kier alpha value is -6.31. The van der Waals surface area contributed by atoms with E-state index in [1.54, 1.807) is 0 Å². The van der Waals surface area contributed by atoms with E-state index in [0.717, 1.165) is 28.1 Å². The lowest BCUT2D eigenvalue weighted by Gasteiger charge is -2.13. The van der Waals surface area contributed by atoms with Gasteiger partial charge in [-0.3, -0.25) is 0 Å². The molecule has 0 fully saturated rings. The molecule has 0 amide bonds. The standard InChI is InChI=1S/C49H37N/c1-34-24-43(36-14-6-3-7-15-36)30-45(26-34)39-20-12-22-41(28-39)48-32-47(38-18-10-5-11-19-38)33-49(50-48)42-23-13-21-40(29-42)46-27-35(2)25-44(31-46)37-16-8-4-9-17-37/h3-33H,1-2H3. The molecule has 0 N–H and O–H groups in total. The van der Waals surface area contributed by atoms with Crippen LogP contribution in [0.5, 0.6) is 0 Å². The highest BCUT2D eigenvalue weighted by Crippen LogP contribution is 2.35. The number of hydrogen-bond acceptors (Lipinski definition) is 1. The highest BCUT2D eigenvalue weighted by Gasteiger charge is 2.12. The summed E-state index contributed by atoms with van der Waals surface area (Å²) in [6.07, 6.45) is 0. The van der Waals surface area contributed by atoms with Crippen molar-refractivity contribution in [3.8, 4) is 78.1 Å². The van der Waals surface area contributed by atoms with Crippen LogP contribution in [0.3, 0.4) is 0 Å². The van der Waals surface area contributed by atoms with Gasteiger partial charge in [0, 0.05) is 11.1 Å². The van der Waals surface area contributed by atoms with Gasteiger partial charge in [0.05, 0.1) is 11.4 Å². The molecule has 1 heterocycles. The van der Waals surface area contributed by atoms with E-state index in [1.165, 1.54) is 61.2 Å². The number of aryl methyl sites for hydroxylation is 2. The van der Waals surface area contributed by atoms with Crippen LogP contribution in [-0.4, -0.2) is 4.98 Å². The zero-order valence-electron chi connectivity index (χ0n) is 28.3. The fourth-order valence-electron chi connectivity index (χ4n) is 6.83. The van der Waals surface area contributed by atoms with Gasteiger partial charge in [0.15, 0.2) is 0 Å². The third-order valence-corrected chi connectivity index (χ3v) is 9.28. The molecule has 50 heavy (non-hydrogen) atoms. The molecule has 0 atom stereocenters. The second kappa shape index (κ2) is 13.7. The van der Waals surface area contributed by atoms with E-state index in [0.29, 0.717) is 0 Å². The second-order valence-electron chi connectivity index (χ2n) is 13.1. The molecule has 0 unspecified atom stereocenters. The maximum atomic E-state index is 5.33. The van der Waals surface area contributed by atoms with Gasteiger partial charge in [0.2, 0.25) is 0 Å². The number of rotatable bonds is 7. The Morgan fingerprint density at radius 1 is 0.240 bits per heavy atom. The van der Waals surface area contributed by atoms with E-state index in [4.69, 9.17) is 4.98 Å². The second-order valence-corrected chi connectivity index (χ2v) is 13.1. The molecule has 7 aromatic carbocycles. The Labute approximate surface area is 295 Å². The molecule has 8 rings (SSSR count). The van der Waals surface area contributed by atoms with E-state index >= 15 is 0 Å². The van der Waals surface area contributed by atoms with Crippen molar-refractivity contribution >= 4 is 0 Å². The van der Waals surface area contributed by atoms with Gasteiger partial charge in [-0.25, -0.2) is 4.98 Å². The summed E-state index contributed by atoms with van der Waals surface area (Å²) in [5, 5.41) is 0. The minimum Gasteiger partial charge on any atom is -0.248 e.